The Balaban J connectivity index is 2.89. The molecule has 0 unspecified atom stereocenters. The van der Waals surface area contributed by atoms with Crippen LogP contribution in [0.2, 0.25) is 0 Å². The zero-order valence-corrected chi connectivity index (χ0v) is 10.1. The van der Waals surface area contributed by atoms with Gasteiger partial charge in [-0.2, -0.15) is 0 Å². The Kier molecular flexibility index (Phi) is 4.01. The molecule has 0 atom stereocenters. The average Bonchev–Trinajstić information content (AvgIpc) is 2.21. The van der Waals surface area contributed by atoms with Crippen LogP contribution in [0, 0.1) is 13.8 Å². The standard InChI is InChI=1S/C13H21NO/c1-5-11(6-2)15-13-8-12(14)9(3)7-10(13)4/h7-8,11H,5-6,14H2,1-4H3. The van der Waals surface area contributed by atoms with Crippen LogP contribution < -0.4 is 10.5 Å². The Labute approximate surface area is 92.4 Å². The van der Waals surface area contributed by atoms with Crippen LogP contribution in [-0.2, 0) is 0 Å². The molecule has 0 bridgehead atoms. The molecule has 0 radical (unpaired) electrons. The highest BCUT2D eigenvalue weighted by Gasteiger charge is 2.08. The maximum atomic E-state index is 5.90. The van der Waals surface area contributed by atoms with Gasteiger partial charge in [-0.15, -0.1) is 0 Å². The molecule has 84 valence electrons. The molecule has 1 aromatic carbocycles. The maximum Gasteiger partial charge on any atom is 0.124 e. The van der Waals surface area contributed by atoms with Gasteiger partial charge in [0, 0.05) is 11.8 Å². The van der Waals surface area contributed by atoms with E-state index in [2.05, 4.69) is 26.8 Å². The average molecular weight is 207 g/mol. The first kappa shape index (κ1) is 11.9. The molecule has 15 heavy (non-hydrogen) atoms. The highest BCUT2D eigenvalue weighted by Crippen LogP contribution is 2.26. The molecular formula is C13H21NO. The first-order valence-corrected chi connectivity index (χ1v) is 5.61. The van der Waals surface area contributed by atoms with Gasteiger partial charge in [0.1, 0.15) is 5.75 Å². The predicted molar refractivity (Wildman–Crippen MR) is 65.3 cm³/mol. The van der Waals surface area contributed by atoms with E-state index >= 15 is 0 Å². The zero-order chi connectivity index (χ0) is 11.4. The minimum absolute atomic E-state index is 0.297. The molecule has 2 heteroatoms. The van der Waals surface area contributed by atoms with Crippen molar-refractivity contribution in [1.82, 2.24) is 0 Å². The summed E-state index contributed by atoms with van der Waals surface area (Å²) in [6, 6.07) is 4.01. The van der Waals surface area contributed by atoms with E-state index in [1.54, 1.807) is 0 Å². The van der Waals surface area contributed by atoms with E-state index < -0.39 is 0 Å². The van der Waals surface area contributed by atoms with Crippen LogP contribution in [0.1, 0.15) is 37.8 Å². The summed E-state index contributed by atoms with van der Waals surface area (Å²) in [5, 5.41) is 0. The van der Waals surface area contributed by atoms with Gasteiger partial charge in [-0.05, 0) is 37.8 Å². The van der Waals surface area contributed by atoms with Gasteiger partial charge in [0.05, 0.1) is 6.10 Å². The molecule has 0 saturated carbocycles. The zero-order valence-electron chi connectivity index (χ0n) is 10.1. The first-order valence-electron chi connectivity index (χ1n) is 5.61. The third kappa shape index (κ3) is 2.88. The van der Waals surface area contributed by atoms with Crippen molar-refractivity contribution < 1.29 is 4.74 Å². The van der Waals surface area contributed by atoms with Gasteiger partial charge >= 0.3 is 0 Å². The second-order valence-corrected chi connectivity index (χ2v) is 4.03. The monoisotopic (exact) mass is 207 g/mol. The second-order valence-electron chi connectivity index (χ2n) is 4.03. The molecule has 0 spiro atoms. The Morgan fingerprint density at radius 1 is 1.13 bits per heavy atom. The van der Waals surface area contributed by atoms with Crippen molar-refractivity contribution >= 4 is 5.69 Å². The van der Waals surface area contributed by atoms with Gasteiger partial charge in [0.2, 0.25) is 0 Å². The number of benzene rings is 1. The molecule has 0 aliphatic rings. The van der Waals surface area contributed by atoms with Crippen molar-refractivity contribution in [3.63, 3.8) is 0 Å². The summed E-state index contributed by atoms with van der Waals surface area (Å²) in [6.45, 7) is 8.36. The van der Waals surface area contributed by atoms with E-state index in [0.29, 0.717) is 6.10 Å². The Morgan fingerprint density at radius 3 is 2.27 bits per heavy atom. The molecule has 1 aromatic rings. The molecule has 0 aliphatic carbocycles. The summed E-state index contributed by atoms with van der Waals surface area (Å²) < 4.78 is 5.90. The van der Waals surface area contributed by atoms with Gasteiger partial charge in [0.15, 0.2) is 0 Å². The van der Waals surface area contributed by atoms with Crippen LogP contribution in [0.15, 0.2) is 12.1 Å². The highest BCUT2D eigenvalue weighted by molar-refractivity contribution is 5.54. The van der Waals surface area contributed by atoms with E-state index in [9.17, 15) is 0 Å². The van der Waals surface area contributed by atoms with Gasteiger partial charge in [-0.25, -0.2) is 0 Å². The lowest BCUT2D eigenvalue weighted by atomic mass is 10.1. The molecule has 0 aliphatic heterocycles. The quantitative estimate of drug-likeness (QED) is 0.767. The predicted octanol–water partition coefficient (Wildman–Crippen LogP) is 3.45. The number of rotatable bonds is 4. The SMILES string of the molecule is CCC(CC)Oc1cc(N)c(C)cc1C. The lowest BCUT2D eigenvalue weighted by Gasteiger charge is -2.18. The summed E-state index contributed by atoms with van der Waals surface area (Å²) in [4.78, 5) is 0. The fourth-order valence-corrected chi connectivity index (χ4v) is 1.61. The van der Waals surface area contributed by atoms with Crippen molar-refractivity contribution in [3.05, 3.63) is 23.3 Å². The van der Waals surface area contributed by atoms with E-state index in [1.165, 1.54) is 0 Å². The lowest BCUT2D eigenvalue weighted by Crippen LogP contribution is -2.14. The second kappa shape index (κ2) is 5.06. The number of aryl methyl sites for hydroxylation is 2. The minimum atomic E-state index is 0.297. The molecule has 0 saturated heterocycles. The number of anilines is 1. The topological polar surface area (TPSA) is 35.2 Å². The van der Waals surface area contributed by atoms with Crippen molar-refractivity contribution in [3.8, 4) is 5.75 Å². The summed E-state index contributed by atoms with van der Waals surface area (Å²) in [6.07, 6.45) is 2.36. The summed E-state index contributed by atoms with van der Waals surface area (Å²) >= 11 is 0. The fraction of sp³-hybridized carbons (Fsp3) is 0.538. The van der Waals surface area contributed by atoms with E-state index in [-0.39, 0.29) is 0 Å². The normalized spacial score (nSPS) is 10.7. The third-order valence-electron chi connectivity index (χ3n) is 2.77. The number of ether oxygens (including phenoxy) is 1. The Morgan fingerprint density at radius 2 is 1.73 bits per heavy atom. The molecule has 2 nitrogen and oxygen atoms in total. The van der Waals surface area contributed by atoms with Crippen LogP contribution in [0.25, 0.3) is 0 Å². The molecule has 0 heterocycles. The number of nitrogen functional groups attached to an aromatic ring is 1. The van der Waals surface area contributed by atoms with Crippen LogP contribution in [-0.4, -0.2) is 6.10 Å². The van der Waals surface area contributed by atoms with Crippen LogP contribution in [0.5, 0.6) is 5.75 Å². The van der Waals surface area contributed by atoms with Crippen LogP contribution >= 0.6 is 0 Å². The lowest BCUT2D eigenvalue weighted by molar-refractivity contribution is 0.191. The molecule has 0 aromatic heterocycles. The van der Waals surface area contributed by atoms with E-state index in [1.807, 2.05) is 13.0 Å². The van der Waals surface area contributed by atoms with Gasteiger partial charge in [-0.3, -0.25) is 0 Å². The molecule has 2 N–H and O–H groups in total. The Bertz CT molecular complexity index is 330. The van der Waals surface area contributed by atoms with E-state index in [4.69, 9.17) is 10.5 Å². The number of nitrogens with two attached hydrogens (primary N) is 1. The van der Waals surface area contributed by atoms with Crippen LogP contribution in [0.3, 0.4) is 0 Å². The van der Waals surface area contributed by atoms with Crippen molar-refractivity contribution in [2.45, 2.75) is 46.6 Å². The summed E-state index contributed by atoms with van der Waals surface area (Å²) in [7, 11) is 0. The van der Waals surface area contributed by atoms with Crippen molar-refractivity contribution in [2.24, 2.45) is 0 Å². The maximum absolute atomic E-state index is 5.90. The van der Waals surface area contributed by atoms with Crippen molar-refractivity contribution in [2.75, 3.05) is 5.73 Å². The van der Waals surface area contributed by atoms with Gasteiger partial charge in [0.25, 0.3) is 0 Å². The smallest absolute Gasteiger partial charge is 0.124 e. The van der Waals surface area contributed by atoms with Crippen molar-refractivity contribution in [1.29, 1.82) is 0 Å². The molecule has 0 amide bonds. The van der Waals surface area contributed by atoms with Crippen LogP contribution in [0.4, 0.5) is 5.69 Å². The molecule has 1 rings (SSSR count). The highest BCUT2D eigenvalue weighted by atomic mass is 16.5. The summed E-state index contributed by atoms with van der Waals surface area (Å²) in [5.41, 5.74) is 8.95. The first-order chi connectivity index (χ1) is 7.08. The number of hydrogen-bond acceptors (Lipinski definition) is 2. The summed E-state index contributed by atoms with van der Waals surface area (Å²) in [5.74, 6) is 0.923. The largest absolute Gasteiger partial charge is 0.490 e. The fourth-order valence-electron chi connectivity index (χ4n) is 1.61. The van der Waals surface area contributed by atoms with Gasteiger partial charge < -0.3 is 10.5 Å². The van der Waals surface area contributed by atoms with E-state index in [0.717, 1.165) is 35.4 Å². The minimum Gasteiger partial charge on any atom is -0.490 e. The van der Waals surface area contributed by atoms with Gasteiger partial charge in [-0.1, -0.05) is 19.9 Å². The Hall–Kier alpha value is -1.18. The molecular weight excluding hydrogens is 186 g/mol. The number of hydrogen-bond donors (Lipinski definition) is 1. The third-order valence-corrected chi connectivity index (χ3v) is 2.77. The molecule has 0 fully saturated rings.